The van der Waals surface area contributed by atoms with E-state index in [-0.39, 0.29) is 5.82 Å². The molecule has 0 aromatic carbocycles. The second kappa shape index (κ2) is 1.62. The second-order valence-corrected chi connectivity index (χ2v) is 1.37. The minimum atomic E-state index is 0.266. The second-order valence-electron chi connectivity index (χ2n) is 1.37. The summed E-state index contributed by atoms with van der Waals surface area (Å²) in [6.45, 7) is 1.74. The van der Waals surface area contributed by atoms with Gasteiger partial charge in [0, 0.05) is 0 Å². The molecule has 0 saturated heterocycles. The van der Waals surface area contributed by atoms with E-state index in [2.05, 4.69) is 15.2 Å². The van der Waals surface area contributed by atoms with Crippen LogP contribution in [0.4, 0.5) is 0 Å². The first kappa shape index (κ1) is 4.78. The number of nitrogens with zero attached hydrogens (tertiary/aromatic N) is 3. The van der Waals surface area contributed by atoms with Gasteiger partial charge in [0.1, 0.15) is 11.9 Å². The van der Waals surface area contributed by atoms with Gasteiger partial charge in [-0.3, -0.25) is 0 Å². The Morgan fingerprint density at radius 1 is 1.62 bits per heavy atom. The molecule has 0 aliphatic carbocycles. The van der Waals surface area contributed by atoms with Crippen molar-refractivity contribution in [1.82, 2.24) is 15.2 Å². The summed E-state index contributed by atoms with van der Waals surface area (Å²) in [7, 11) is 0. The molecule has 0 aliphatic rings. The first-order valence-electron chi connectivity index (χ1n) is 2.12. The molecule has 0 saturated carbocycles. The maximum atomic E-state index is 8.17. The highest BCUT2D eigenvalue weighted by atomic mass is 15.2. The molecule has 0 atom stereocenters. The van der Waals surface area contributed by atoms with Crippen molar-refractivity contribution in [3.05, 3.63) is 11.6 Å². The molecule has 4 nitrogen and oxygen atoms in total. The molecule has 1 aromatic rings. The van der Waals surface area contributed by atoms with E-state index in [4.69, 9.17) is 5.26 Å². The third-order valence-corrected chi connectivity index (χ3v) is 0.705. The number of hydrogen-bond donors (Lipinski definition) is 1. The van der Waals surface area contributed by atoms with Gasteiger partial charge in [-0.2, -0.15) is 5.26 Å². The number of rotatable bonds is 0. The minimum Gasteiger partial charge on any atom is -0.317 e. The van der Waals surface area contributed by atoms with Crippen molar-refractivity contribution >= 4 is 0 Å². The quantitative estimate of drug-likeness (QED) is 0.508. The van der Waals surface area contributed by atoms with E-state index in [1.54, 1.807) is 6.92 Å². The van der Waals surface area contributed by atoms with Gasteiger partial charge in [-0.1, -0.05) is 0 Å². The van der Waals surface area contributed by atoms with E-state index in [0.29, 0.717) is 5.82 Å². The Bertz CT molecular complexity index is 218. The van der Waals surface area contributed by atoms with Gasteiger partial charge in [0.05, 0.1) is 0 Å². The van der Waals surface area contributed by atoms with E-state index < -0.39 is 0 Å². The Labute approximate surface area is 46.2 Å². The van der Waals surface area contributed by atoms with Crippen LogP contribution in [-0.2, 0) is 0 Å². The fourth-order valence-electron chi connectivity index (χ4n) is 0.397. The Morgan fingerprint density at radius 3 is 2.62 bits per heavy atom. The summed E-state index contributed by atoms with van der Waals surface area (Å²) in [5.74, 6) is 0.934. The van der Waals surface area contributed by atoms with Gasteiger partial charge in [0.2, 0.25) is 5.82 Å². The number of aromatic amines is 1. The smallest absolute Gasteiger partial charge is 0.232 e. The van der Waals surface area contributed by atoms with Gasteiger partial charge in [0.15, 0.2) is 0 Å². The third kappa shape index (κ3) is 0.658. The van der Waals surface area contributed by atoms with Crippen LogP contribution < -0.4 is 0 Å². The van der Waals surface area contributed by atoms with Crippen LogP contribution >= 0.6 is 0 Å². The van der Waals surface area contributed by atoms with Gasteiger partial charge < -0.3 is 4.98 Å². The average molecular weight is 108 g/mol. The molecular formula is C4H4N4. The van der Waals surface area contributed by atoms with Crippen LogP contribution in [0, 0.1) is 18.3 Å². The minimum absolute atomic E-state index is 0.266. The standard InChI is InChI=1S/C4H4N4/c1-3-6-4(2-5)8-7-3/h1H3,(H,6,7,8). The summed E-state index contributed by atoms with van der Waals surface area (Å²) >= 11 is 0. The lowest BCUT2D eigenvalue weighted by atomic mass is 10.7. The first-order chi connectivity index (χ1) is 3.83. The lowest BCUT2D eigenvalue weighted by Crippen LogP contribution is -1.73. The molecule has 1 rings (SSSR count). The number of H-pyrrole nitrogens is 1. The highest BCUT2D eigenvalue weighted by Gasteiger charge is 1.91. The zero-order chi connectivity index (χ0) is 5.98. The summed E-state index contributed by atoms with van der Waals surface area (Å²) in [5, 5.41) is 15.2. The number of hydrogen-bond acceptors (Lipinski definition) is 3. The molecule has 0 unspecified atom stereocenters. The number of nitrogens with one attached hydrogen (secondary N) is 1. The molecule has 4 heteroatoms. The summed E-state index contributed by atoms with van der Waals surface area (Å²) in [6.07, 6.45) is 0. The molecule has 0 bridgehead atoms. The van der Waals surface area contributed by atoms with E-state index in [1.807, 2.05) is 6.07 Å². The van der Waals surface area contributed by atoms with Gasteiger partial charge in [0.25, 0.3) is 0 Å². The van der Waals surface area contributed by atoms with Crippen molar-refractivity contribution in [2.75, 3.05) is 0 Å². The highest BCUT2D eigenvalue weighted by molar-refractivity contribution is 5.07. The first-order valence-corrected chi connectivity index (χ1v) is 2.12. The summed E-state index contributed by atoms with van der Waals surface area (Å²) < 4.78 is 0. The van der Waals surface area contributed by atoms with E-state index in [1.165, 1.54) is 0 Å². The van der Waals surface area contributed by atoms with Gasteiger partial charge in [-0.15, -0.1) is 10.2 Å². The lowest BCUT2D eigenvalue weighted by Gasteiger charge is -1.69. The van der Waals surface area contributed by atoms with Gasteiger partial charge >= 0.3 is 0 Å². The normalized spacial score (nSPS) is 8.50. The van der Waals surface area contributed by atoms with Crippen LogP contribution in [0.1, 0.15) is 11.6 Å². The third-order valence-electron chi connectivity index (χ3n) is 0.705. The fraction of sp³-hybridized carbons (Fsp3) is 0.250. The summed E-state index contributed by atoms with van der Waals surface area (Å²) in [6, 6.07) is 1.82. The van der Waals surface area contributed by atoms with Crippen molar-refractivity contribution < 1.29 is 0 Å². The SMILES string of the molecule is Cc1nnc(C#N)[nH]1. The van der Waals surface area contributed by atoms with Crippen molar-refractivity contribution in [3.8, 4) is 6.07 Å². The largest absolute Gasteiger partial charge is 0.317 e. The van der Waals surface area contributed by atoms with Gasteiger partial charge in [-0.25, -0.2) is 0 Å². The zero-order valence-electron chi connectivity index (χ0n) is 4.34. The molecule has 0 spiro atoms. The predicted molar refractivity (Wildman–Crippen MR) is 25.8 cm³/mol. The summed E-state index contributed by atoms with van der Waals surface area (Å²) in [4.78, 5) is 2.64. The molecule has 0 aliphatic heterocycles. The van der Waals surface area contributed by atoms with Crippen LogP contribution in [0.15, 0.2) is 0 Å². The Kier molecular flexibility index (Phi) is 0.968. The van der Waals surface area contributed by atoms with Crippen LogP contribution in [0.3, 0.4) is 0 Å². The monoisotopic (exact) mass is 108 g/mol. The maximum Gasteiger partial charge on any atom is 0.232 e. The molecule has 1 aromatic heterocycles. The number of aromatic nitrogens is 3. The molecule has 0 amide bonds. The van der Waals surface area contributed by atoms with E-state index in [9.17, 15) is 0 Å². The molecule has 8 heavy (non-hydrogen) atoms. The predicted octanol–water partition coefficient (Wildman–Crippen LogP) is -0.0152. The molecule has 0 fully saturated rings. The zero-order valence-corrected chi connectivity index (χ0v) is 4.34. The molecule has 1 N–H and O–H groups in total. The Morgan fingerprint density at radius 2 is 2.38 bits per heavy atom. The number of aryl methyl sites for hydroxylation is 1. The number of nitriles is 1. The topological polar surface area (TPSA) is 65.4 Å². The molecular weight excluding hydrogens is 104 g/mol. The Balaban J connectivity index is 3.05. The van der Waals surface area contributed by atoms with Crippen molar-refractivity contribution in [2.24, 2.45) is 0 Å². The highest BCUT2D eigenvalue weighted by Crippen LogP contribution is 1.84. The van der Waals surface area contributed by atoms with Crippen LogP contribution in [0.2, 0.25) is 0 Å². The molecule has 40 valence electrons. The van der Waals surface area contributed by atoms with Crippen LogP contribution in [0.5, 0.6) is 0 Å². The van der Waals surface area contributed by atoms with Crippen molar-refractivity contribution in [2.45, 2.75) is 6.92 Å². The summed E-state index contributed by atoms with van der Waals surface area (Å²) in [5.41, 5.74) is 0. The van der Waals surface area contributed by atoms with E-state index in [0.717, 1.165) is 0 Å². The lowest BCUT2D eigenvalue weighted by molar-refractivity contribution is 1.03. The van der Waals surface area contributed by atoms with Crippen LogP contribution in [-0.4, -0.2) is 15.2 Å². The molecule has 1 heterocycles. The average Bonchev–Trinajstić information content (AvgIpc) is 2.14. The van der Waals surface area contributed by atoms with Crippen molar-refractivity contribution in [3.63, 3.8) is 0 Å². The Hall–Kier alpha value is -1.37. The fourth-order valence-corrected chi connectivity index (χ4v) is 0.397. The van der Waals surface area contributed by atoms with Crippen molar-refractivity contribution in [1.29, 1.82) is 5.26 Å². The van der Waals surface area contributed by atoms with Gasteiger partial charge in [-0.05, 0) is 6.92 Å². The van der Waals surface area contributed by atoms with E-state index >= 15 is 0 Å². The molecule has 0 radical (unpaired) electrons. The van der Waals surface area contributed by atoms with Crippen LogP contribution in [0.25, 0.3) is 0 Å². The maximum absolute atomic E-state index is 8.17.